The molecule has 1 fully saturated rings. The van der Waals surface area contributed by atoms with Gasteiger partial charge in [-0.3, -0.25) is 0 Å². The second-order valence-electron chi connectivity index (χ2n) is 5.75. The van der Waals surface area contributed by atoms with E-state index >= 15 is 0 Å². The van der Waals surface area contributed by atoms with Crippen molar-refractivity contribution in [2.45, 2.75) is 25.2 Å². The molecule has 5 nitrogen and oxygen atoms in total. The predicted octanol–water partition coefficient (Wildman–Crippen LogP) is 1.12. The second-order valence-corrected chi connectivity index (χ2v) is 7.48. The molecular formula is C14H23N3O2S. The molecule has 1 heterocycles. The molecule has 0 aromatic heterocycles. The lowest BCUT2D eigenvalue weighted by Crippen LogP contribution is -2.31. The van der Waals surface area contributed by atoms with Crippen molar-refractivity contribution in [1.82, 2.24) is 9.62 Å². The van der Waals surface area contributed by atoms with E-state index in [9.17, 15) is 8.42 Å². The number of nitrogens with one attached hydrogen (secondary N) is 1. The SMILES string of the molecule is Cc1cc(N)c(C)c(S(=O)(=O)NCC2CCN(C)C2)c1. The van der Waals surface area contributed by atoms with Crippen LogP contribution in [-0.2, 0) is 10.0 Å². The summed E-state index contributed by atoms with van der Waals surface area (Å²) in [5, 5.41) is 0. The van der Waals surface area contributed by atoms with Crippen molar-refractivity contribution in [2.75, 3.05) is 32.4 Å². The number of hydrogen-bond donors (Lipinski definition) is 2. The van der Waals surface area contributed by atoms with Crippen molar-refractivity contribution >= 4 is 15.7 Å². The van der Waals surface area contributed by atoms with Gasteiger partial charge in [0.05, 0.1) is 4.90 Å². The Morgan fingerprint density at radius 2 is 2.10 bits per heavy atom. The summed E-state index contributed by atoms with van der Waals surface area (Å²) < 4.78 is 27.6. The Bertz CT molecular complexity index is 599. The first-order valence-electron chi connectivity index (χ1n) is 6.84. The maximum atomic E-state index is 12.4. The topological polar surface area (TPSA) is 75.4 Å². The summed E-state index contributed by atoms with van der Waals surface area (Å²) in [7, 11) is -1.43. The monoisotopic (exact) mass is 297 g/mol. The van der Waals surface area contributed by atoms with Crippen LogP contribution in [0.2, 0.25) is 0 Å². The van der Waals surface area contributed by atoms with Crippen molar-refractivity contribution in [3.63, 3.8) is 0 Å². The number of benzene rings is 1. The van der Waals surface area contributed by atoms with Gasteiger partial charge < -0.3 is 10.6 Å². The van der Waals surface area contributed by atoms with Crippen molar-refractivity contribution in [2.24, 2.45) is 5.92 Å². The van der Waals surface area contributed by atoms with Crippen LogP contribution >= 0.6 is 0 Å². The van der Waals surface area contributed by atoms with E-state index in [1.54, 1.807) is 19.1 Å². The summed E-state index contributed by atoms with van der Waals surface area (Å²) in [6.07, 6.45) is 1.04. The van der Waals surface area contributed by atoms with E-state index < -0.39 is 10.0 Å². The Hall–Kier alpha value is -1.11. The van der Waals surface area contributed by atoms with Crippen LogP contribution in [0, 0.1) is 19.8 Å². The molecule has 3 N–H and O–H groups in total. The number of sulfonamides is 1. The molecule has 0 aliphatic carbocycles. The zero-order valence-corrected chi connectivity index (χ0v) is 13.1. The van der Waals surface area contributed by atoms with Crippen LogP contribution in [0.3, 0.4) is 0 Å². The molecule has 2 rings (SSSR count). The molecule has 1 atom stereocenters. The quantitative estimate of drug-likeness (QED) is 0.817. The minimum absolute atomic E-state index is 0.293. The molecule has 1 aromatic rings. The molecule has 1 saturated heterocycles. The molecule has 0 spiro atoms. The molecule has 0 radical (unpaired) electrons. The summed E-state index contributed by atoms with van der Waals surface area (Å²) in [4.78, 5) is 2.51. The van der Waals surface area contributed by atoms with Gasteiger partial charge in [0.2, 0.25) is 10.0 Å². The van der Waals surface area contributed by atoms with E-state index in [2.05, 4.69) is 16.7 Å². The summed E-state index contributed by atoms with van der Waals surface area (Å²) >= 11 is 0. The minimum atomic E-state index is -3.49. The minimum Gasteiger partial charge on any atom is -0.398 e. The molecule has 1 aliphatic rings. The van der Waals surface area contributed by atoms with E-state index in [0.717, 1.165) is 25.1 Å². The van der Waals surface area contributed by atoms with E-state index in [1.165, 1.54) is 0 Å². The van der Waals surface area contributed by atoms with Gasteiger partial charge in [0.25, 0.3) is 0 Å². The fourth-order valence-corrected chi connectivity index (χ4v) is 4.10. The number of nitrogen functional groups attached to an aromatic ring is 1. The average Bonchev–Trinajstić information content (AvgIpc) is 2.77. The van der Waals surface area contributed by atoms with E-state index in [0.29, 0.717) is 28.6 Å². The van der Waals surface area contributed by atoms with E-state index in [4.69, 9.17) is 5.73 Å². The molecule has 1 unspecified atom stereocenters. The van der Waals surface area contributed by atoms with E-state index in [1.807, 2.05) is 6.92 Å². The van der Waals surface area contributed by atoms with Gasteiger partial charge in [0.1, 0.15) is 0 Å². The fraction of sp³-hybridized carbons (Fsp3) is 0.571. The van der Waals surface area contributed by atoms with Crippen LogP contribution in [0.4, 0.5) is 5.69 Å². The van der Waals surface area contributed by atoms with Gasteiger partial charge in [-0.1, -0.05) is 0 Å². The molecule has 112 valence electrons. The van der Waals surface area contributed by atoms with Crippen LogP contribution < -0.4 is 10.5 Å². The second kappa shape index (κ2) is 5.71. The largest absolute Gasteiger partial charge is 0.398 e. The highest BCUT2D eigenvalue weighted by atomic mass is 32.2. The van der Waals surface area contributed by atoms with Crippen molar-refractivity contribution < 1.29 is 8.42 Å². The highest BCUT2D eigenvalue weighted by Gasteiger charge is 2.23. The first kappa shape index (κ1) is 15.3. The van der Waals surface area contributed by atoms with Gasteiger partial charge in [-0.15, -0.1) is 0 Å². The van der Waals surface area contributed by atoms with Crippen LogP contribution in [0.1, 0.15) is 17.5 Å². The van der Waals surface area contributed by atoms with Gasteiger partial charge in [-0.05, 0) is 63.0 Å². The van der Waals surface area contributed by atoms with Crippen molar-refractivity contribution in [3.8, 4) is 0 Å². The summed E-state index contributed by atoms with van der Waals surface area (Å²) in [6.45, 7) is 6.05. The molecular weight excluding hydrogens is 274 g/mol. The lowest BCUT2D eigenvalue weighted by Gasteiger charge is -2.15. The molecule has 0 bridgehead atoms. The third kappa shape index (κ3) is 3.31. The third-order valence-corrected chi connectivity index (χ3v) is 5.43. The number of anilines is 1. The summed E-state index contributed by atoms with van der Waals surface area (Å²) in [5.41, 5.74) is 7.85. The Labute approximate surface area is 121 Å². The first-order valence-corrected chi connectivity index (χ1v) is 8.33. The molecule has 20 heavy (non-hydrogen) atoms. The molecule has 0 amide bonds. The van der Waals surface area contributed by atoms with Crippen LogP contribution in [0.25, 0.3) is 0 Å². The number of rotatable bonds is 4. The van der Waals surface area contributed by atoms with Crippen molar-refractivity contribution in [1.29, 1.82) is 0 Å². The summed E-state index contributed by atoms with van der Waals surface area (Å²) in [5.74, 6) is 0.386. The zero-order chi connectivity index (χ0) is 14.9. The lowest BCUT2D eigenvalue weighted by atomic mass is 10.1. The first-order chi connectivity index (χ1) is 9.29. The Kier molecular flexibility index (Phi) is 4.36. The zero-order valence-electron chi connectivity index (χ0n) is 12.3. The molecule has 0 saturated carbocycles. The van der Waals surface area contributed by atoms with Gasteiger partial charge in [0.15, 0.2) is 0 Å². The van der Waals surface area contributed by atoms with Crippen LogP contribution in [-0.4, -0.2) is 40.0 Å². The predicted molar refractivity (Wildman–Crippen MR) is 81.1 cm³/mol. The van der Waals surface area contributed by atoms with Crippen molar-refractivity contribution in [3.05, 3.63) is 23.3 Å². The number of hydrogen-bond acceptors (Lipinski definition) is 4. The fourth-order valence-electron chi connectivity index (χ4n) is 2.63. The number of nitrogens with zero attached hydrogens (tertiary/aromatic N) is 1. The molecule has 1 aromatic carbocycles. The average molecular weight is 297 g/mol. The van der Waals surface area contributed by atoms with E-state index in [-0.39, 0.29) is 0 Å². The van der Waals surface area contributed by atoms with Gasteiger partial charge in [-0.2, -0.15) is 0 Å². The van der Waals surface area contributed by atoms with Gasteiger partial charge in [0, 0.05) is 18.8 Å². The van der Waals surface area contributed by atoms with Crippen LogP contribution in [0.5, 0.6) is 0 Å². The van der Waals surface area contributed by atoms with Gasteiger partial charge >= 0.3 is 0 Å². The highest BCUT2D eigenvalue weighted by molar-refractivity contribution is 7.89. The maximum absolute atomic E-state index is 12.4. The number of nitrogens with two attached hydrogens (primary N) is 1. The number of likely N-dealkylation sites (tertiary alicyclic amines) is 1. The molecule has 6 heteroatoms. The number of aryl methyl sites for hydroxylation is 1. The third-order valence-electron chi connectivity index (χ3n) is 3.89. The lowest BCUT2D eigenvalue weighted by molar-refractivity contribution is 0.394. The Morgan fingerprint density at radius 1 is 1.40 bits per heavy atom. The standard InChI is InChI=1S/C14H23N3O2S/c1-10-6-13(15)11(2)14(7-10)20(18,19)16-8-12-4-5-17(3)9-12/h6-7,12,16H,4-5,8-9,15H2,1-3H3. The smallest absolute Gasteiger partial charge is 0.240 e. The van der Waals surface area contributed by atoms with Gasteiger partial charge in [-0.25, -0.2) is 13.1 Å². The Balaban J connectivity index is 2.14. The highest BCUT2D eigenvalue weighted by Crippen LogP contribution is 2.23. The summed E-state index contributed by atoms with van der Waals surface area (Å²) in [6, 6.07) is 3.47. The molecule has 1 aliphatic heterocycles. The van der Waals surface area contributed by atoms with Crippen LogP contribution in [0.15, 0.2) is 17.0 Å². The maximum Gasteiger partial charge on any atom is 0.240 e. The Morgan fingerprint density at radius 3 is 2.70 bits per heavy atom. The normalized spacial score (nSPS) is 20.4.